The lowest BCUT2D eigenvalue weighted by molar-refractivity contribution is 0.219. The lowest BCUT2D eigenvalue weighted by Crippen LogP contribution is -2.43. The number of hydrogen-bond acceptors (Lipinski definition) is 4. The lowest BCUT2D eigenvalue weighted by atomic mass is 10.2. The molecule has 0 aromatic heterocycles. The molecule has 0 atom stereocenters. The zero-order valence-electron chi connectivity index (χ0n) is 11.5. The Morgan fingerprint density at radius 2 is 1.95 bits per heavy atom. The second kappa shape index (κ2) is 6.72. The van der Waals surface area contributed by atoms with E-state index in [4.69, 9.17) is 5.26 Å². The maximum Gasteiger partial charge on any atom is 0.283 e. The fourth-order valence-corrected chi connectivity index (χ4v) is 3.72. The third-order valence-electron chi connectivity index (χ3n) is 3.19. The van der Waals surface area contributed by atoms with E-state index in [1.54, 1.807) is 6.07 Å². The Morgan fingerprint density at radius 3 is 2.57 bits per heavy atom. The number of sulfonamides is 1. The molecule has 1 fully saturated rings. The highest BCUT2D eigenvalue weighted by molar-refractivity contribution is 14.1. The summed E-state index contributed by atoms with van der Waals surface area (Å²) >= 11 is 1.98. The molecule has 8 heteroatoms. The van der Waals surface area contributed by atoms with Crippen molar-refractivity contribution in [2.45, 2.75) is 4.90 Å². The van der Waals surface area contributed by atoms with Gasteiger partial charge in [-0.1, -0.05) is 0 Å². The van der Waals surface area contributed by atoms with Crippen LogP contribution in [0, 0.1) is 14.9 Å². The quantitative estimate of drug-likeness (QED) is 0.418. The summed E-state index contributed by atoms with van der Waals surface area (Å²) in [7, 11) is -1.74. The smallest absolute Gasteiger partial charge is 0.283 e. The molecule has 6 nitrogen and oxygen atoms in total. The van der Waals surface area contributed by atoms with Crippen molar-refractivity contribution in [3.8, 4) is 6.07 Å². The van der Waals surface area contributed by atoms with E-state index in [2.05, 4.69) is 9.30 Å². The van der Waals surface area contributed by atoms with E-state index < -0.39 is 10.0 Å². The summed E-state index contributed by atoms with van der Waals surface area (Å²) in [5.74, 6) is 0. The number of halogens is 1. The molecule has 0 bridgehead atoms. The molecule has 0 N–H and O–H groups in total. The molecule has 1 saturated heterocycles. The topological polar surface area (TPSA) is 76.8 Å². The van der Waals surface area contributed by atoms with Crippen LogP contribution in [0.1, 0.15) is 5.56 Å². The molecule has 0 aliphatic carbocycles. The van der Waals surface area contributed by atoms with Gasteiger partial charge in [0.05, 0.1) is 16.5 Å². The van der Waals surface area contributed by atoms with E-state index in [-0.39, 0.29) is 4.90 Å². The molecule has 112 valence electrons. The monoisotopic (exact) mass is 418 g/mol. The molecule has 1 aromatic carbocycles. The number of piperazine rings is 1. The van der Waals surface area contributed by atoms with Crippen molar-refractivity contribution in [2.75, 3.05) is 33.2 Å². The van der Waals surface area contributed by atoms with E-state index in [0.717, 1.165) is 26.2 Å². The second-order valence-electron chi connectivity index (χ2n) is 4.82. The average molecular weight is 418 g/mol. The molecule has 1 aliphatic heterocycles. The highest BCUT2D eigenvalue weighted by atomic mass is 127. The predicted octanol–water partition coefficient (Wildman–Crippen LogP) is 1.13. The molecule has 21 heavy (non-hydrogen) atoms. The average Bonchev–Trinajstić information content (AvgIpc) is 2.46. The first kappa shape index (κ1) is 16.2. The molecule has 1 aliphatic rings. The Morgan fingerprint density at radius 1 is 1.29 bits per heavy atom. The number of rotatable bonds is 3. The summed E-state index contributed by atoms with van der Waals surface area (Å²) in [5, 5.41) is 8.91. The van der Waals surface area contributed by atoms with Gasteiger partial charge in [-0.05, 0) is 47.8 Å². The summed E-state index contributed by atoms with van der Waals surface area (Å²) in [4.78, 5) is 4.12. The van der Waals surface area contributed by atoms with Crippen LogP contribution in [0.5, 0.6) is 0 Å². The molecular weight excluding hydrogens is 403 g/mol. The van der Waals surface area contributed by atoms with Crippen LogP contribution in [-0.4, -0.2) is 57.8 Å². The number of benzene rings is 1. The van der Waals surface area contributed by atoms with Crippen LogP contribution in [-0.2, 0) is 10.0 Å². The minimum atomic E-state index is -3.77. The van der Waals surface area contributed by atoms with Crippen molar-refractivity contribution < 1.29 is 8.42 Å². The molecule has 2 rings (SSSR count). The number of nitriles is 1. The first-order chi connectivity index (χ1) is 9.90. The van der Waals surface area contributed by atoms with Gasteiger partial charge in [-0.25, -0.2) is 0 Å². The van der Waals surface area contributed by atoms with Gasteiger partial charge in [-0.15, -0.1) is 4.40 Å². The van der Waals surface area contributed by atoms with Crippen LogP contribution >= 0.6 is 22.6 Å². The highest BCUT2D eigenvalue weighted by Gasteiger charge is 2.16. The Balaban J connectivity index is 2.19. The van der Waals surface area contributed by atoms with Gasteiger partial charge in [-0.3, -0.25) is 0 Å². The van der Waals surface area contributed by atoms with E-state index in [1.807, 2.05) is 40.6 Å². The van der Waals surface area contributed by atoms with Crippen molar-refractivity contribution in [1.82, 2.24) is 9.80 Å². The molecule has 1 heterocycles. The fourth-order valence-electron chi connectivity index (χ4n) is 1.90. The van der Waals surface area contributed by atoms with Crippen molar-refractivity contribution in [2.24, 2.45) is 4.40 Å². The normalized spacial score (nSPS) is 17.1. The fraction of sp³-hybridized carbons (Fsp3) is 0.385. The molecule has 0 radical (unpaired) electrons. The van der Waals surface area contributed by atoms with Gasteiger partial charge in [0.25, 0.3) is 10.0 Å². The molecular formula is C13H15IN4O2S. The maximum absolute atomic E-state index is 12.2. The summed E-state index contributed by atoms with van der Waals surface area (Å²) < 4.78 is 28.9. The minimum Gasteiger partial charge on any atom is -0.359 e. The molecule has 0 amide bonds. The van der Waals surface area contributed by atoms with E-state index in [1.165, 1.54) is 18.5 Å². The number of hydrogen-bond donors (Lipinski definition) is 0. The molecule has 0 saturated carbocycles. The van der Waals surface area contributed by atoms with E-state index in [0.29, 0.717) is 9.13 Å². The zero-order valence-corrected chi connectivity index (χ0v) is 14.5. The van der Waals surface area contributed by atoms with Crippen LogP contribution in [0.15, 0.2) is 27.5 Å². The predicted molar refractivity (Wildman–Crippen MR) is 88.6 cm³/mol. The minimum absolute atomic E-state index is 0.0522. The summed E-state index contributed by atoms with van der Waals surface area (Å²) in [5.41, 5.74) is 0.315. The van der Waals surface area contributed by atoms with Gasteiger partial charge < -0.3 is 9.80 Å². The summed E-state index contributed by atoms with van der Waals surface area (Å²) in [6, 6.07) is 6.44. The third-order valence-corrected chi connectivity index (χ3v) is 5.01. The van der Waals surface area contributed by atoms with Crippen LogP contribution in [0.3, 0.4) is 0 Å². The first-order valence-corrected chi connectivity index (χ1v) is 8.86. The van der Waals surface area contributed by atoms with Gasteiger partial charge in [0.2, 0.25) is 0 Å². The standard InChI is InChI=1S/C13H15IN4O2S/c1-17-2-4-18(5-3-17)10-16-21(19,20)13-7-11(9-15)6-12(14)8-13/h6-8,10H,2-5H2,1H3. The van der Waals surface area contributed by atoms with Crippen LogP contribution in [0.2, 0.25) is 0 Å². The van der Waals surface area contributed by atoms with Gasteiger partial charge in [0.15, 0.2) is 0 Å². The number of likely N-dealkylation sites (N-methyl/N-ethyl adjacent to an activating group) is 1. The Kier molecular flexibility index (Phi) is 5.18. The molecule has 0 unspecified atom stereocenters. The van der Waals surface area contributed by atoms with Crippen LogP contribution < -0.4 is 0 Å². The largest absolute Gasteiger partial charge is 0.359 e. The molecule has 0 spiro atoms. The highest BCUT2D eigenvalue weighted by Crippen LogP contribution is 2.18. The number of nitrogens with zero attached hydrogens (tertiary/aromatic N) is 4. The van der Waals surface area contributed by atoms with E-state index >= 15 is 0 Å². The summed E-state index contributed by atoms with van der Waals surface area (Å²) in [6.07, 6.45) is 1.38. The Labute approximate surface area is 138 Å². The SMILES string of the molecule is CN1CCN(C=NS(=O)(=O)c2cc(I)cc(C#N)c2)CC1. The van der Waals surface area contributed by atoms with Crippen molar-refractivity contribution >= 4 is 39.0 Å². The van der Waals surface area contributed by atoms with Gasteiger partial charge in [-0.2, -0.15) is 13.7 Å². The summed E-state index contributed by atoms with van der Waals surface area (Å²) in [6.45, 7) is 3.28. The van der Waals surface area contributed by atoms with Gasteiger partial charge in [0, 0.05) is 29.7 Å². The van der Waals surface area contributed by atoms with Crippen LogP contribution in [0.25, 0.3) is 0 Å². The van der Waals surface area contributed by atoms with Crippen molar-refractivity contribution in [3.63, 3.8) is 0 Å². The first-order valence-electron chi connectivity index (χ1n) is 6.34. The Hall–Kier alpha value is -1.18. The third kappa shape index (κ3) is 4.39. The van der Waals surface area contributed by atoms with Crippen molar-refractivity contribution in [1.29, 1.82) is 5.26 Å². The zero-order chi connectivity index (χ0) is 15.5. The lowest BCUT2D eigenvalue weighted by Gasteiger charge is -2.30. The van der Waals surface area contributed by atoms with Gasteiger partial charge >= 0.3 is 0 Å². The molecule has 1 aromatic rings. The Bertz CT molecular complexity index is 689. The van der Waals surface area contributed by atoms with E-state index in [9.17, 15) is 8.42 Å². The van der Waals surface area contributed by atoms with Gasteiger partial charge in [0.1, 0.15) is 6.34 Å². The van der Waals surface area contributed by atoms with Crippen LogP contribution in [0.4, 0.5) is 0 Å². The second-order valence-corrected chi connectivity index (χ2v) is 7.70. The van der Waals surface area contributed by atoms with Crippen molar-refractivity contribution in [3.05, 3.63) is 27.3 Å². The maximum atomic E-state index is 12.2.